The molecule has 4 nitrogen and oxygen atoms in total. The number of hydrogen-bond donors (Lipinski definition) is 0. The fourth-order valence-electron chi connectivity index (χ4n) is 6.51. The first-order valence-electron chi connectivity index (χ1n) is 9.05. The normalized spacial score (nSPS) is 47.4. The van der Waals surface area contributed by atoms with Crippen LogP contribution in [0.4, 0.5) is 0 Å². The van der Waals surface area contributed by atoms with Crippen molar-refractivity contribution in [2.75, 3.05) is 0 Å². The average molecular weight is 325 g/mol. The topological polar surface area (TPSA) is 55.6 Å². The van der Waals surface area contributed by atoms with Gasteiger partial charge in [-0.05, 0) is 55.3 Å². The van der Waals surface area contributed by atoms with Crippen molar-refractivity contribution in [1.29, 1.82) is 0 Å². The molecule has 0 aliphatic heterocycles. The van der Waals surface area contributed by atoms with E-state index in [0.717, 1.165) is 25.7 Å². The SMILES string of the molecule is [C-]#[N+]C1=C[C@@]2(C)C(CC[C@@H]3[C@@H]2CC[C@]2(C)C(=O)CC[C@@H]32)C(=O)C1=O. The van der Waals surface area contributed by atoms with Gasteiger partial charge in [-0.1, -0.05) is 19.9 Å². The Hall–Kier alpha value is -1.76. The second-order valence-corrected chi connectivity index (χ2v) is 8.63. The molecule has 24 heavy (non-hydrogen) atoms. The third kappa shape index (κ3) is 1.76. The molecule has 4 rings (SSSR count). The van der Waals surface area contributed by atoms with Crippen molar-refractivity contribution in [3.63, 3.8) is 0 Å². The lowest BCUT2D eigenvalue weighted by molar-refractivity contribution is -0.148. The summed E-state index contributed by atoms with van der Waals surface area (Å²) >= 11 is 0. The summed E-state index contributed by atoms with van der Waals surface area (Å²) < 4.78 is 0. The van der Waals surface area contributed by atoms with Crippen LogP contribution >= 0.6 is 0 Å². The summed E-state index contributed by atoms with van der Waals surface area (Å²) in [5.41, 5.74) is -0.582. The first kappa shape index (κ1) is 15.7. The quantitative estimate of drug-likeness (QED) is 0.507. The summed E-state index contributed by atoms with van der Waals surface area (Å²) in [6, 6.07) is 0. The number of carbonyl (C=O) groups excluding carboxylic acids is 3. The maximum atomic E-state index is 12.6. The fraction of sp³-hybridized carbons (Fsp3) is 0.700. The highest BCUT2D eigenvalue weighted by molar-refractivity contribution is 6.45. The molecule has 1 unspecified atom stereocenters. The first-order valence-corrected chi connectivity index (χ1v) is 9.05. The number of carbonyl (C=O) groups is 3. The molecule has 0 aromatic carbocycles. The van der Waals surface area contributed by atoms with E-state index in [0.29, 0.717) is 36.4 Å². The second kappa shape index (κ2) is 4.88. The van der Waals surface area contributed by atoms with Crippen molar-refractivity contribution in [3.8, 4) is 0 Å². The highest BCUT2D eigenvalue weighted by atomic mass is 16.2. The lowest BCUT2D eigenvalue weighted by Gasteiger charge is -2.57. The van der Waals surface area contributed by atoms with Crippen LogP contribution in [0.1, 0.15) is 52.4 Å². The minimum Gasteiger partial charge on any atom is -0.299 e. The molecule has 4 heteroatoms. The van der Waals surface area contributed by atoms with E-state index in [9.17, 15) is 14.4 Å². The third-order valence-electron chi connectivity index (χ3n) is 7.83. The zero-order valence-corrected chi connectivity index (χ0v) is 14.3. The Bertz CT molecular complexity index is 730. The lowest BCUT2D eigenvalue weighted by atomic mass is 9.46. The minimum absolute atomic E-state index is 0.00948. The molecule has 3 fully saturated rings. The predicted octanol–water partition coefficient (Wildman–Crippen LogP) is 3.37. The van der Waals surface area contributed by atoms with E-state index >= 15 is 0 Å². The maximum Gasteiger partial charge on any atom is 0.233 e. The van der Waals surface area contributed by atoms with Gasteiger partial charge in [0, 0.05) is 17.8 Å². The molecule has 0 radical (unpaired) electrons. The molecule has 3 saturated carbocycles. The van der Waals surface area contributed by atoms with Crippen LogP contribution in [0.2, 0.25) is 0 Å². The number of fused-ring (bicyclic) bond motifs is 5. The lowest BCUT2D eigenvalue weighted by Crippen LogP contribution is -2.55. The van der Waals surface area contributed by atoms with E-state index in [1.165, 1.54) is 0 Å². The molecule has 0 spiro atoms. The second-order valence-electron chi connectivity index (χ2n) is 8.63. The van der Waals surface area contributed by atoms with E-state index in [-0.39, 0.29) is 22.8 Å². The van der Waals surface area contributed by atoms with Crippen molar-refractivity contribution in [2.24, 2.45) is 34.5 Å². The van der Waals surface area contributed by atoms with Crippen LogP contribution in [-0.4, -0.2) is 17.3 Å². The Kier molecular flexibility index (Phi) is 3.20. The monoisotopic (exact) mass is 325 g/mol. The number of hydrogen-bond acceptors (Lipinski definition) is 3. The fourth-order valence-corrected chi connectivity index (χ4v) is 6.51. The molecule has 0 saturated heterocycles. The average Bonchev–Trinajstić information content (AvgIpc) is 2.86. The van der Waals surface area contributed by atoms with Gasteiger partial charge in [0.15, 0.2) is 5.78 Å². The Balaban J connectivity index is 1.77. The summed E-state index contributed by atoms with van der Waals surface area (Å²) in [5, 5.41) is 0. The van der Waals surface area contributed by atoms with Gasteiger partial charge in [0.25, 0.3) is 0 Å². The van der Waals surface area contributed by atoms with Gasteiger partial charge in [0.05, 0.1) is 6.57 Å². The summed E-state index contributed by atoms with van der Waals surface area (Å²) in [7, 11) is 0. The number of ketones is 3. The third-order valence-corrected chi connectivity index (χ3v) is 7.83. The molecule has 126 valence electrons. The molecular weight excluding hydrogens is 302 g/mol. The Morgan fingerprint density at radius 3 is 2.54 bits per heavy atom. The van der Waals surface area contributed by atoms with Crippen molar-refractivity contribution in [1.82, 2.24) is 0 Å². The van der Waals surface area contributed by atoms with Gasteiger partial charge in [-0.2, -0.15) is 0 Å². The van der Waals surface area contributed by atoms with Gasteiger partial charge < -0.3 is 0 Å². The number of nitrogens with zero attached hydrogens (tertiary/aromatic N) is 1. The molecule has 6 atom stereocenters. The van der Waals surface area contributed by atoms with Crippen molar-refractivity contribution in [3.05, 3.63) is 23.2 Å². The van der Waals surface area contributed by atoms with Gasteiger partial charge in [0.2, 0.25) is 11.5 Å². The molecule has 0 aromatic heterocycles. The zero-order valence-electron chi connectivity index (χ0n) is 14.3. The summed E-state index contributed by atoms with van der Waals surface area (Å²) in [5.74, 6) is 0.306. The van der Waals surface area contributed by atoms with Crippen molar-refractivity contribution < 1.29 is 14.4 Å². The molecule has 0 N–H and O–H groups in total. The van der Waals surface area contributed by atoms with Crippen LogP contribution in [-0.2, 0) is 14.4 Å². The predicted molar refractivity (Wildman–Crippen MR) is 87.6 cm³/mol. The highest BCUT2D eigenvalue weighted by Gasteiger charge is 2.61. The van der Waals surface area contributed by atoms with Gasteiger partial charge in [-0.15, -0.1) is 0 Å². The van der Waals surface area contributed by atoms with Crippen LogP contribution < -0.4 is 0 Å². The first-order chi connectivity index (χ1) is 11.3. The maximum absolute atomic E-state index is 12.6. The van der Waals surface area contributed by atoms with Gasteiger partial charge in [0.1, 0.15) is 5.78 Å². The smallest absolute Gasteiger partial charge is 0.233 e. The van der Waals surface area contributed by atoms with E-state index in [1.807, 2.05) is 6.08 Å². The van der Waals surface area contributed by atoms with Gasteiger partial charge in [-0.3, -0.25) is 14.4 Å². The van der Waals surface area contributed by atoms with Crippen LogP contribution in [0.25, 0.3) is 4.85 Å². The number of rotatable bonds is 0. The summed E-state index contributed by atoms with van der Waals surface area (Å²) in [6.07, 6.45) is 6.89. The molecule has 0 amide bonds. The standard InChI is InChI=1S/C20H23NO3/c1-19-9-8-13-11(12(19)6-7-16(19)22)4-5-14-17(23)18(24)15(21-3)10-20(13,14)2/h10-14H,4-9H2,1-2H3/t11-,12-,13-,14?,19-,20+/m0/s1. The molecule has 0 heterocycles. The highest BCUT2D eigenvalue weighted by Crippen LogP contribution is 2.64. The Labute approximate surface area is 142 Å². The minimum atomic E-state index is -0.595. The molecular formula is C20H23NO3. The van der Waals surface area contributed by atoms with E-state index in [4.69, 9.17) is 6.57 Å². The van der Waals surface area contributed by atoms with Crippen molar-refractivity contribution >= 4 is 17.3 Å². The number of allylic oxidation sites excluding steroid dienone is 2. The summed E-state index contributed by atoms with van der Waals surface area (Å²) in [6.45, 7) is 11.5. The molecule has 0 aromatic rings. The van der Waals surface area contributed by atoms with Crippen LogP contribution in [0.3, 0.4) is 0 Å². The Morgan fingerprint density at radius 2 is 1.83 bits per heavy atom. The van der Waals surface area contributed by atoms with E-state index in [1.54, 1.807) is 0 Å². The Morgan fingerprint density at radius 1 is 1.08 bits per heavy atom. The summed E-state index contributed by atoms with van der Waals surface area (Å²) in [4.78, 5) is 40.4. The van der Waals surface area contributed by atoms with E-state index in [2.05, 4.69) is 18.7 Å². The van der Waals surface area contributed by atoms with Crippen LogP contribution in [0, 0.1) is 41.1 Å². The largest absolute Gasteiger partial charge is 0.299 e. The molecule has 4 aliphatic carbocycles. The van der Waals surface area contributed by atoms with Crippen LogP contribution in [0.15, 0.2) is 11.8 Å². The number of Topliss-reactive ketones (excluding diaryl/α,β-unsaturated/α-hetero) is 3. The zero-order chi connectivity index (χ0) is 17.3. The van der Waals surface area contributed by atoms with E-state index < -0.39 is 11.2 Å². The van der Waals surface area contributed by atoms with Crippen molar-refractivity contribution in [2.45, 2.75) is 52.4 Å². The van der Waals surface area contributed by atoms with Gasteiger partial charge in [-0.25, -0.2) is 4.85 Å². The van der Waals surface area contributed by atoms with Crippen LogP contribution in [0.5, 0.6) is 0 Å². The molecule has 4 aliphatic rings. The molecule has 0 bridgehead atoms. The van der Waals surface area contributed by atoms with Gasteiger partial charge >= 0.3 is 0 Å².